The molecule has 5 heterocycles. The molecule has 5 aliphatic rings. The highest BCUT2D eigenvalue weighted by atomic mass is 16.8. The number of hydrogen-bond donors (Lipinski definition) is 12. The highest BCUT2D eigenvalue weighted by Gasteiger charge is 2.55. The number of aliphatic hydroxyl groups excluding tert-OH is 12. The van der Waals surface area contributed by atoms with Crippen LogP contribution in [-0.2, 0) is 42.6 Å². The summed E-state index contributed by atoms with van der Waals surface area (Å²) in [6.45, 7) is -2.83. The van der Waals surface area contributed by atoms with E-state index in [1.54, 1.807) is 0 Å². The van der Waals surface area contributed by atoms with Gasteiger partial charge in [-0.05, 0) is 0 Å². The second-order valence-corrected chi connectivity index (χ2v) is 11.6. The van der Waals surface area contributed by atoms with Gasteiger partial charge in [0.25, 0.3) is 0 Å². The van der Waals surface area contributed by atoms with Crippen LogP contribution in [0.4, 0.5) is 0 Å². The Morgan fingerprint density at radius 1 is 0.435 bits per heavy atom. The SMILES string of the molecule is OC[C@@H]1O[C@@H](O[C@@H]2[C@@H](O[C@@H]3O[C@@H](CO)[C@H](O)[C@H]3O)[C@H](O[C@@H]3COC(O)[C@H](O)[C@H]3O)OC[C@H]2O[C@@H]2OC[C@@H](O)[C@H](O)[C@H]2O)[C@H](O)[C@H]1O. The van der Waals surface area contributed by atoms with Gasteiger partial charge in [0.05, 0.1) is 33.0 Å². The van der Waals surface area contributed by atoms with Crippen molar-refractivity contribution < 1.29 is 104 Å². The van der Waals surface area contributed by atoms with Crippen LogP contribution in [0.25, 0.3) is 0 Å². The minimum atomic E-state index is -1.80. The number of rotatable bonds is 10. The number of ether oxygens (including phenoxy) is 9. The quantitative estimate of drug-likeness (QED) is 0.102. The van der Waals surface area contributed by atoms with Gasteiger partial charge in [-0.3, -0.25) is 0 Å². The van der Waals surface area contributed by atoms with Crippen LogP contribution in [0.2, 0.25) is 0 Å². The van der Waals surface area contributed by atoms with Gasteiger partial charge < -0.3 is 104 Å². The summed E-state index contributed by atoms with van der Waals surface area (Å²) >= 11 is 0. The maximum atomic E-state index is 10.6. The molecule has 1 unspecified atom stereocenters. The molecule has 0 saturated carbocycles. The molecular formula is C25H42O21. The lowest BCUT2D eigenvalue weighted by Crippen LogP contribution is -2.64. The molecule has 0 spiro atoms. The molecule has 5 rings (SSSR count). The van der Waals surface area contributed by atoms with Crippen molar-refractivity contribution in [2.45, 2.75) is 123 Å². The molecule has 0 aromatic carbocycles. The highest BCUT2D eigenvalue weighted by Crippen LogP contribution is 2.35. The van der Waals surface area contributed by atoms with Gasteiger partial charge in [0.2, 0.25) is 0 Å². The maximum absolute atomic E-state index is 10.6. The molecule has 5 aliphatic heterocycles. The summed E-state index contributed by atoms with van der Waals surface area (Å²) in [7, 11) is 0. The summed E-state index contributed by atoms with van der Waals surface area (Å²) < 4.78 is 50.7. The normalized spacial score (nSPS) is 53.5. The predicted molar refractivity (Wildman–Crippen MR) is 136 cm³/mol. The van der Waals surface area contributed by atoms with Gasteiger partial charge in [-0.15, -0.1) is 0 Å². The molecule has 0 aliphatic carbocycles. The van der Waals surface area contributed by atoms with E-state index in [1.807, 2.05) is 0 Å². The Morgan fingerprint density at radius 2 is 0.935 bits per heavy atom. The van der Waals surface area contributed by atoms with Crippen LogP contribution in [0.5, 0.6) is 0 Å². The van der Waals surface area contributed by atoms with Crippen molar-refractivity contribution in [2.24, 2.45) is 0 Å². The number of hydrogen-bond acceptors (Lipinski definition) is 21. The molecular weight excluding hydrogens is 636 g/mol. The van der Waals surface area contributed by atoms with Crippen LogP contribution in [0.1, 0.15) is 0 Å². The van der Waals surface area contributed by atoms with Crippen molar-refractivity contribution in [3.05, 3.63) is 0 Å². The Bertz CT molecular complexity index is 891. The van der Waals surface area contributed by atoms with Crippen LogP contribution >= 0.6 is 0 Å². The fourth-order valence-corrected chi connectivity index (χ4v) is 5.69. The van der Waals surface area contributed by atoms with Crippen molar-refractivity contribution in [3.63, 3.8) is 0 Å². The van der Waals surface area contributed by atoms with E-state index in [9.17, 15) is 61.3 Å². The summed E-state index contributed by atoms with van der Waals surface area (Å²) in [5, 5.41) is 122. The smallest absolute Gasteiger partial charge is 0.187 e. The Labute approximate surface area is 260 Å². The van der Waals surface area contributed by atoms with Crippen molar-refractivity contribution in [2.75, 3.05) is 33.0 Å². The van der Waals surface area contributed by atoms with Gasteiger partial charge in [0, 0.05) is 0 Å². The van der Waals surface area contributed by atoms with E-state index in [1.165, 1.54) is 0 Å². The first kappa shape index (κ1) is 36.4. The Hall–Kier alpha value is -0.840. The third kappa shape index (κ3) is 7.35. The third-order valence-corrected chi connectivity index (χ3v) is 8.49. The minimum absolute atomic E-state index is 0.446. The summed E-state index contributed by atoms with van der Waals surface area (Å²) in [6, 6.07) is 0. The molecule has 5 fully saturated rings. The van der Waals surface area contributed by atoms with E-state index >= 15 is 0 Å². The molecule has 12 N–H and O–H groups in total. The highest BCUT2D eigenvalue weighted by molar-refractivity contribution is 4.96. The Morgan fingerprint density at radius 3 is 1.50 bits per heavy atom. The molecule has 21 nitrogen and oxygen atoms in total. The van der Waals surface area contributed by atoms with Crippen molar-refractivity contribution in [1.29, 1.82) is 0 Å². The number of aliphatic hydroxyl groups is 12. The van der Waals surface area contributed by atoms with E-state index in [0.29, 0.717) is 0 Å². The lowest BCUT2D eigenvalue weighted by atomic mass is 10.0. The molecule has 268 valence electrons. The molecule has 0 aromatic rings. The molecule has 5 saturated heterocycles. The first-order chi connectivity index (χ1) is 21.9. The van der Waals surface area contributed by atoms with Crippen LogP contribution in [0, 0.1) is 0 Å². The lowest BCUT2D eigenvalue weighted by Gasteiger charge is -2.47. The zero-order chi connectivity index (χ0) is 33.4. The first-order valence-corrected chi connectivity index (χ1v) is 14.7. The Balaban J connectivity index is 1.45. The van der Waals surface area contributed by atoms with E-state index in [2.05, 4.69) is 0 Å². The monoisotopic (exact) mass is 678 g/mol. The fourth-order valence-electron chi connectivity index (χ4n) is 5.69. The third-order valence-electron chi connectivity index (χ3n) is 8.49. The zero-order valence-electron chi connectivity index (χ0n) is 24.1. The predicted octanol–water partition coefficient (Wildman–Crippen LogP) is -8.73. The molecule has 0 radical (unpaired) electrons. The van der Waals surface area contributed by atoms with E-state index in [0.717, 1.165) is 0 Å². The molecule has 0 bridgehead atoms. The van der Waals surface area contributed by atoms with Crippen LogP contribution in [-0.4, -0.2) is 217 Å². The van der Waals surface area contributed by atoms with Crippen LogP contribution < -0.4 is 0 Å². The second kappa shape index (κ2) is 15.4. The minimum Gasteiger partial charge on any atom is -0.394 e. The first-order valence-electron chi connectivity index (χ1n) is 14.7. The molecule has 46 heavy (non-hydrogen) atoms. The van der Waals surface area contributed by atoms with Crippen LogP contribution in [0.15, 0.2) is 0 Å². The molecule has 0 amide bonds. The van der Waals surface area contributed by atoms with Gasteiger partial charge in [0.15, 0.2) is 31.5 Å². The van der Waals surface area contributed by atoms with Crippen molar-refractivity contribution in [3.8, 4) is 0 Å². The van der Waals surface area contributed by atoms with Gasteiger partial charge in [-0.1, -0.05) is 0 Å². The van der Waals surface area contributed by atoms with Gasteiger partial charge in [-0.25, -0.2) is 0 Å². The van der Waals surface area contributed by atoms with Crippen molar-refractivity contribution >= 4 is 0 Å². The molecule has 20 atom stereocenters. The maximum Gasteiger partial charge on any atom is 0.187 e. The zero-order valence-corrected chi connectivity index (χ0v) is 24.1. The standard InChI is InChI=1S/C25H42O21/c26-1-7-12(30)17(35)23(41-7)45-19-10(44-22-16(34)11(29)6(28)3-39-22)5-40-25(43-9-4-38-21(37)15(33)14(9)32)20(19)46-24-18(36)13(31)8(2-27)42-24/h6-37H,1-5H2/t6-,7+,8+,9-,10-,11+,12+,13+,14+,15-,16-,17-,18-,19+,20-,21?,22+,23+,24+,25+/m1/s1. The summed E-state index contributed by atoms with van der Waals surface area (Å²) in [6.07, 6.45) is -32.1. The van der Waals surface area contributed by atoms with Crippen LogP contribution in [0.3, 0.4) is 0 Å². The van der Waals surface area contributed by atoms with E-state index in [4.69, 9.17) is 42.6 Å². The average molecular weight is 679 g/mol. The second-order valence-electron chi connectivity index (χ2n) is 11.6. The molecule has 0 aromatic heterocycles. The van der Waals surface area contributed by atoms with Gasteiger partial charge in [0.1, 0.15) is 91.6 Å². The average Bonchev–Trinajstić information content (AvgIpc) is 3.48. The summed E-state index contributed by atoms with van der Waals surface area (Å²) in [5.41, 5.74) is 0. The largest absolute Gasteiger partial charge is 0.394 e. The molecule has 21 heteroatoms. The topological polar surface area (TPSA) is 326 Å². The van der Waals surface area contributed by atoms with E-state index < -0.39 is 156 Å². The van der Waals surface area contributed by atoms with Crippen molar-refractivity contribution in [1.82, 2.24) is 0 Å². The lowest BCUT2D eigenvalue weighted by molar-refractivity contribution is -0.379. The summed E-state index contributed by atoms with van der Waals surface area (Å²) in [4.78, 5) is 0. The van der Waals surface area contributed by atoms with Gasteiger partial charge in [-0.2, -0.15) is 0 Å². The summed E-state index contributed by atoms with van der Waals surface area (Å²) in [5.74, 6) is 0. The fraction of sp³-hybridized carbons (Fsp3) is 1.00. The van der Waals surface area contributed by atoms with E-state index in [-0.39, 0.29) is 0 Å². The van der Waals surface area contributed by atoms with Gasteiger partial charge >= 0.3 is 0 Å². The Kier molecular flexibility index (Phi) is 12.2.